The van der Waals surface area contributed by atoms with E-state index in [1.54, 1.807) is 0 Å². The van der Waals surface area contributed by atoms with Crippen molar-refractivity contribution in [1.29, 1.82) is 0 Å². The standard InChI is InChI=1S/C8H8O3Si2/c1-3-5-12(6-4-2)11-13(7-9)8-10/h1-2,7-8H,5-6H2. The van der Waals surface area contributed by atoms with Crippen LogP contribution in [0.5, 0.6) is 0 Å². The van der Waals surface area contributed by atoms with Crippen LogP contribution in [0, 0.1) is 24.7 Å². The van der Waals surface area contributed by atoms with Gasteiger partial charge in [0.05, 0.1) is 0 Å². The van der Waals surface area contributed by atoms with Crippen LogP contribution in [0.15, 0.2) is 0 Å². The Morgan fingerprint density at radius 2 is 1.62 bits per heavy atom. The van der Waals surface area contributed by atoms with Gasteiger partial charge >= 0.3 is 9.04 Å². The predicted molar refractivity (Wildman–Crippen MR) is 53.4 cm³/mol. The molecule has 0 atom stereocenters. The van der Waals surface area contributed by atoms with Crippen LogP contribution in [-0.2, 0) is 13.7 Å². The average molecular weight is 208 g/mol. The maximum atomic E-state index is 10.3. The number of hydrogen-bond donors (Lipinski definition) is 0. The van der Waals surface area contributed by atoms with E-state index >= 15 is 0 Å². The number of carbonyl (C=O) groups excluding carboxylic acids is 2. The molecule has 0 aliphatic rings. The summed E-state index contributed by atoms with van der Waals surface area (Å²) >= 11 is 0. The fourth-order valence-corrected chi connectivity index (χ4v) is 3.54. The Hall–Kier alpha value is -1.15. The van der Waals surface area contributed by atoms with Crippen molar-refractivity contribution in [3.8, 4) is 24.7 Å². The normalized spacial score (nSPS) is 9.23. The maximum absolute atomic E-state index is 10.3. The summed E-state index contributed by atoms with van der Waals surface area (Å²) in [6.07, 6.45) is 10.2. The molecule has 0 rings (SSSR count). The van der Waals surface area contributed by atoms with Crippen molar-refractivity contribution in [1.82, 2.24) is 0 Å². The Morgan fingerprint density at radius 1 is 1.15 bits per heavy atom. The molecule has 0 aliphatic carbocycles. The summed E-state index contributed by atoms with van der Waals surface area (Å²) in [5.41, 5.74) is 0. The first kappa shape index (κ1) is 11.9. The first-order valence-electron chi connectivity index (χ1n) is 3.45. The van der Waals surface area contributed by atoms with E-state index in [9.17, 15) is 9.59 Å². The molecule has 3 nitrogen and oxygen atoms in total. The van der Waals surface area contributed by atoms with Gasteiger partial charge in [0, 0.05) is 12.1 Å². The van der Waals surface area contributed by atoms with Gasteiger partial charge < -0.3 is 13.7 Å². The number of carbonyl (C=O) groups is 2. The van der Waals surface area contributed by atoms with Crippen molar-refractivity contribution in [3.63, 3.8) is 0 Å². The van der Waals surface area contributed by atoms with Crippen LogP contribution >= 0.6 is 0 Å². The smallest absolute Gasteiger partial charge is 0.347 e. The molecule has 0 saturated carbocycles. The fourth-order valence-electron chi connectivity index (χ4n) is 0.605. The van der Waals surface area contributed by atoms with Gasteiger partial charge in [-0.05, 0) is 0 Å². The summed E-state index contributed by atoms with van der Waals surface area (Å²) in [5, 5.41) is 0. The van der Waals surface area contributed by atoms with Crippen molar-refractivity contribution in [2.45, 2.75) is 12.1 Å². The molecule has 0 unspecified atom stereocenters. The Morgan fingerprint density at radius 3 is 1.92 bits per heavy atom. The van der Waals surface area contributed by atoms with Gasteiger partial charge in [-0.15, -0.1) is 24.7 Å². The molecule has 66 valence electrons. The molecular formula is C8H8O3Si2. The van der Waals surface area contributed by atoms with Gasteiger partial charge in [0.25, 0.3) is 0 Å². The molecule has 0 aromatic carbocycles. The van der Waals surface area contributed by atoms with E-state index in [1.807, 2.05) is 0 Å². The molecule has 5 heteroatoms. The quantitative estimate of drug-likeness (QED) is 0.345. The van der Waals surface area contributed by atoms with E-state index in [1.165, 1.54) is 0 Å². The van der Waals surface area contributed by atoms with Crippen LogP contribution < -0.4 is 0 Å². The van der Waals surface area contributed by atoms with Crippen molar-refractivity contribution in [2.75, 3.05) is 0 Å². The fraction of sp³-hybridized carbons (Fsp3) is 0.250. The summed E-state index contributed by atoms with van der Waals surface area (Å²) in [6, 6.07) is 0.843. The second kappa shape index (κ2) is 7.50. The summed E-state index contributed by atoms with van der Waals surface area (Å²) in [5.74, 6) is 5.90. The molecule has 0 amide bonds. The SMILES string of the molecule is C#CC[Si](CC#C)O[Si](C=O)C=O. The minimum atomic E-state index is -1.97. The van der Waals surface area contributed by atoms with Gasteiger partial charge in [0.2, 0.25) is 9.04 Å². The highest BCUT2D eigenvalue weighted by Gasteiger charge is 2.19. The van der Waals surface area contributed by atoms with Crippen LogP contribution in [0.4, 0.5) is 0 Å². The summed E-state index contributed by atoms with van der Waals surface area (Å²) in [4.78, 5) is 20.6. The third kappa shape index (κ3) is 5.15. The number of terminal acetylenes is 2. The van der Waals surface area contributed by atoms with E-state index in [4.69, 9.17) is 17.0 Å². The number of hydrogen-bond acceptors (Lipinski definition) is 3. The largest absolute Gasteiger partial charge is 0.444 e. The van der Waals surface area contributed by atoms with E-state index in [-0.39, 0.29) is 0 Å². The lowest BCUT2D eigenvalue weighted by Gasteiger charge is -2.10. The van der Waals surface area contributed by atoms with Gasteiger partial charge in [0.15, 0.2) is 0 Å². The van der Waals surface area contributed by atoms with Crippen molar-refractivity contribution in [2.24, 2.45) is 0 Å². The predicted octanol–water partition coefficient (Wildman–Crippen LogP) is -0.204. The Labute approximate surface area is 80.9 Å². The molecule has 0 aromatic heterocycles. The Bertz CT molecular complexity index is 227. The van der Waals surface area contributed by atoms with E-state index in [2.05, 4.69) is 11.8 Å². The minimum Gasteiger partial charge on any atom is -0.444 e. The number of rotatable bonds is 6. The lowest BCUT2D eigenvalue weighted by molar-refractivity contribution is 0.540. The minimum absolute atomic E-state index is 0.421. The highest BCUT2D eigenvalue weighted by molar-refractivity contribution is 7.01. The zero-order valence-corrected chi connectivity index (χ0v) is 8.95. The highest BCUT2D eigenvalue weighted by Crippen LogP contribution is 2.00. The maximum Gasteiger partial charge on any atom is 0.347 e. The van der Waals surface area contributed by atoms with Gasteiger partial charge in [-0.25, -0.2) is 0 Å². The van der Waals surface area contributed by atoms with Gasteiger partial charge in [-0.1, -0.05) is 0 Å². The van der Waals surface area contributed by atoms with E-state index in [0.717, 1.165) is 0 Å². The van der Waals surface area contributed by atoms with Crippen LogP contribution in [0.25, 0.3) is 0 Å². The lowest BCUT2D eigenvalue weighted by Crippen LogP contribution is -2.31. The third-order valence-electron chi connectivity index (χ3n) is 1.09. The third-order valence-corrected chi connectivity index (χ3v) is 4.85. The van der Waals surface area contributed by atoms with E-state index in [0.29, 0.717) is 23.9 Å². The van der Waals surface area contributed by atoms with Crippen LogP contribution in [-0.4, -0.2) is 29.9 Å². The molecule has 0 aliphatic heterocycles. The van der Waals surface area contributed by atoms with Gasteiger partial charge in [0.1, 0.15) is 11.8 Å². The average Bonchev–Trinajstić information content (AvgIpc) is 2.14. The lowest BCUT2D eigenvalue weighted by atomic mass is 10.8. The van der Waals surface area contributed by atoms with E-state index < -0.39 is 18.1 Å². The summed E-state index contributed by atoms with van der Waals surface area (Å²) in [6.45, 7) is 0. The molecule has 0 fully saturated rings. The zero-order chi connectivity index (χ0) is 10.1. The highest BCUT2D eigenvalue weighted by atomic mass is 28.4. The second-order valence-corrected chi connectivity index (χ2v) is 5.92. The second-order valence-electron chi connectivity index (χ2n) is 2.04. The molecule has 13 heavy (non-hydrogen) atoms. The monoisotopic (exact) mass is 208 g/mol. The summed E-state index contributed by atoms with van der Waals surface area (Å²) < 4.78 is 5.21. The van der Waals surface area contributed by atoms with Crippen molar-refractivity contribution < 1.29 is 13.7 Å². The molecule has 0 aromatic rings. The molecule has 0 N–H and O–H groups in total. The summed E-state index contributed by atoms with van der Waals surface area (Å²) in [7, 11) is -3.33. The molecule has 0 bridgehead atoms. The van der Waals surface area contributed by atoms with Crippen LogP contribution in [0.3, 0.4) is 0 Å². The van der Waals surface area contributed by atoms with Gasteiger partial charge in [-0.2, -0.15) is 0 Å². The van der Waals surface area contributed by atoms with Gasteiger partial charge in [-0.3, -0.25) is 0 Å². The molecular weight excluding hydrogens is 200 g/mol. The Kier molecular flexibility index (Phi) is 6.84. The molecule has 0 heterocycles. The topological polar surface area (TPSA) is 43.4 Å². The zero-order valence-electron chi connectivity index (χ0n) is 6.95. The molecule has 2 radical (unpaired) electrons. The van der Waals surface area contributed by atoms with Crippen molar-refractivity contribution in [3.05, 3.63) is 0 Å². The first-order chi connectivity index (χ1) is 6.28. The van der Waals surface area contributed by atoms with Crippen LogP contribution in [0.1, 0.15) is 0 Å². The van der Waals surface area contributed by atoms with Crippen LogP contribution in [0.2, 0.25) is 12.1 Å². The molecule has 0 spiro atoms. The Balaban J connectivity index is 4.08. The first-order valence-corrected chi connectivity index (χ1v) is 6.83. The van der Waals surface area contributed by atoms with Crippen molar-refractivity contribution >= 4 is 29.9 Å². The molecule has 0 saturated heterocycles.